The lowest BCUT2D eigenvalue weighted by Crippen LogP contribution is -2.29. The van der Waals surface area contributed by atoms with Gasteiger partial charge in [0.1, 0.15) is 6.10 Å². The van der Waals surface area contributed by atoms with Crippen molar-refractivity contribution in [2.45, 2.75) is 52.2 Å². The molecular formula is C11H21NO2. The van der Waals surface area contributed by atoms with Crippen molar-refractivity contribution in [3.8, 4) is 0 Å². The van der Waals surface area contributed by atoms with E-state index in [1.54, 1.807) is 0 Å². The summed E-state index contributed by atoms with van der Waals surface area (Å²) in [5, 5.41) is 0. The number of esters is 1. The monoisotopic (exact) mass is 199 g/mol. The molecular weight excluding hydrogens is 178 g/mol. The molecule has 2 atom stereocenters. The molecule has 14 heavy (non-hydrogen) atoms. The van der Waals surface area contributed by atoms with Crippen LogP contribution >= 0.6 is 0 Å². The second kappa shape index (κ2) is 4.78. The van der Waals surface area contributed by atoms with Crippen LogP contribution in [0.15, 0.2) is 0 Å². The van der Waals surface area contributed by atoms with Crippen LogP contribution in [0.2, 0.25) is 0 Å². The van der Waals surface area contributed by atoms with Gasteiger partial charge in [0.05, 0.1) is 6.42 Å². The molecule has 0 bridgehead atoms. The van der Waals surface area contributed by atoms with Gasteiger partial charge in [-0.15, -0.1) is 0 Å². The SMILES string of the molecule is CC(C)C(C)OC(=O)CC(N)C1CC1. The molecule has 2 N–H and O–H groups in total. The Morgan fingerprint density at radius 2 is 2.00 bits per heavy atom. The van der Waals surface area contributed by atoms with Gasteiger partial charge in [0.2, 0.25) is 0 Å². The lowest BCUT2D eigenvalue weighted by Gasteiger charge is -2.18. The van der Waals surface area contributed by atoms with Gasteiger partial charge in [0.25, 0.3) is 0 Å². The predicted molar refractivity (Wildman–Crippen MR) is 55.7 cm³/mol. The number of hydrogen-bond donors (Lipinski definition) is 1. The van der Waals surface area contributed by atoms with Crippen molar-refractivity contribution in [2.75, 3.05) is 0 Å². The first-order valence-electron chi connectivity index (χ1n) is 5.45. The van der Waals surface area contributed by atoms with Crippen molar-refractivity contribution in [3.05, 3.63) is 0 Å². The normalized spacial score (nSPS) is 20.6. The van der Waals surface area contributed by atoms with Crippen LogP contribution in [0, 0.1) is 11.8 Å². The van der Waals surface area contributed by atoms with Crippen molar-refractivity contribution in [3.63, 3.8) is 0 Å². The fourth-order valence-corrected chi connectivity index (χ4v) is 1.28. The third-order valence-corrected chi connectivity index (χ3v) is 2.89. The number of hydrogen-bond acceptors (Lipinski definition) is 3. The third kappa shape index (κ3) is 3.66. The average molecular weight is 199 g/mol. The van der Waals surface area contributed by atoms with Crippen LogP contribution in [0.5, 0.6) is 0 Å². The van der Waals surface area contributed by atoms with E-state index in [1.165, 1.54) is 12.8 Å². The minimum absolute atomic E-state index is 0.00565. The van der Waals surface area contributed by atoms with E-state index in [4.69, 9.17) is 10.5 Å². The summed E-state index contributed by atoms with van der Waals surface area (Å²) in [6, 6.07) is 0.0156. The van der Waals surface area contributed by atoms with Crippen LogP contribution in [-0.2, 0) is 9.53 Å². The molecule has 0 radical (unpaired) electrons. The molecule has 3 nitrogen and oxygen atoms in total. The maximum Gasteiger partial charge on any atom is 0.307 e. The van der Waals surface area contributed by atoms with E-state index in [9.17, 15) is 4.79 Å². The molecule has 0 saturated heterocycles. The molecule has 0 aromatic carbocycles. The standard InChI is InChI=1S/C11H21NO2/c1-7(2)8(3)14-11(13)6-10(12)9-4-5-9/h7-10H,4-6,12H2,1-3H3. The molecule has 1 fully saturated rings. The Morgan fingerprint density at radius 3 is 2.43 bits per heavy atom. The highest BCUT2D eigenvalue weighted by Gasteiger charge is 2.30. The molecule has 1 saturated carbocycles. The Balaban J connectivity index is 2.20. The van der Waals surface area contributed by atoms with E-state index in [0.717, 1.165) is 0 Å². The number of rotatable bonds is 5. The smallest absolute Gasteiger partial charge is 0.307 e. The van der Waals surface area contributed by atoms with Gasteiger partial charge in [0.15, 0.2) is 0 Å². The van der Waals surface area contributed by atoms with E-state index in [2.05, 4.69) is 0 Å². The molecule has 2 unspecified atom stereocenters. The summed E-state index contributed by atoms with van der Waals surface area (Å²) in [6.07, 6.45) is 2.72. The Hall–Kier alpha value is -0.570. The largest absolute Gasteiger partial charge is 0.462 e. The van der Waals surface area contributed by atoms with Gasteiger partial charge in [-0.2, -0.15) is 0 Å². The van der Waals surface area contributed by atoms with Crippen molar-refractivity contribution < 1.29 is 9.53 Å². The van der Waals surface area contributed by atoms with Crippen molar-refractivity contribution in [1.82, 2.24) is 0 Å². The van der Waals surface area contributed by atoms with Crippen LogP contribution in [0.25, 0.3) is 0 Å². The summed E-state index contributed by atoms with van der Waals surface area (Å²) in [5.41, 5.74) is 5.83. The van der Waals surface area contributed by atoms with Crippen molar-refractivity contribution >= 4 is 5.97 Å². The van der Waals surface area contributed by atoms with Crippen LogP contribution < -0.4 is 5.73 Å². The fourth-order valence-electron chi connectivity index (χ4n) is 1.28. The first kappa shape index (κ1) is 11.5. The Morgan fingerprint density at radius 1 is 1.43 bits per heavy atom. The fraction of sp³-hybridized carbons (Fsp3) is 0.909. The van der Waals surface area contributed by atoms with Crippen LogP contribution in [-0.4, -0.2) is 18.1 Å². The molecule has 1 rings (SSSR count). The van der Waals surface area contributed by atoms with E-state index in [0.29, 0.717) is 18.3 Å². The van der Waals surface area contributed by atoms with Gasteiger partial charge >= 0.3 is 5.97 Å². The summed E-state index contributed by atoms with van der Waals surface area (Å²) in [4.78, 5) is 11.4. The lowest BCUT2D eigenvalue weighted by molar-refractivity contribution is -0.150. The highest BCUT2D eigenvalue weighted by Crippen LogP contribution is 2.32. The second-order valence-corrected chi connectivity index (χ2v) is 4.64. The summed E-state index contributed by atoms with van der Waals surface area (Å²) < 4.78 is 5.24. The number of nitrogens with two attached hydrogens (primary N) is 1. The van der Waals surface area contributed by atoms with Crippen molar-refractivity contribution in [1.29, 1.82) is 0 Å². The Bertz CT molecular complexity index is 187. The summed E-state index contributed by atoms with van der Waals surface area (Å²) in [6.45, 7) is 6.00. The second-order valence-electron chi connectivity index (χ2n) is 4.64. The molecule has 0 amide bonds. The van der Waals surface area contributed by atoms with E-state index >= 15 is 0 Å². The lowest BCUT2D eigenvalue weighted by atomic mass is 10.1. The van der Waals surface area contributed by atoms with E-state index in [-0.39, 0.29) is 18.1 Å². The van der Waals surface area contributed by atoms with Crippen LogP contribution in [0.1, 0.15) is 40.0 Å². The molecule has 0 heterocycles. The molecule has 1 aliphatic carbocycles. The van der Waals surface area contributed by atoms with Gasteiger partial charge in [0, 0.05) is 6.04 Å². The molecule has 3 heteroatoms. The molecule has 1 aliphatic rings. The molecule has 0 aromatic rings. The zero-order valence-corrected chi connectivity index (χ0v) is 9.32. The maximum absolute atomic E-state index is 11.4. The van der Waals surface area contributed by atoms with Crippen LogP contribution in [0.3, 0.4) is 0 Å². The molecule has 0 spiro atoms. The van der Waals surface area contributed by atoms with Gasteiger partial charge < -0.3 is 10.5 Å². The minimum atomic E-state index is -0.148. The molecule has 0 aromatic heterocycles. The van der Waals surface area contributed by atoms with E-state index in [1.807, 2.05) is 20.8 Å². The first-order valence-corrected chi connectivity index (χ1v) is 5.45. The summed E-state index contributed by atoms with van der Waals surface area (Å²) in [7, 11) is 0. The van der Waals surface area contributed by atoms with Crippen molar-refractivity contribution in [2.24, 2.45) is 17.6 Å². The third-order valence-electron chi connectivity index (χ3n) is 2.89. The highest BCUT2D eigenvalue weighted by atomic mass is 16.5. The number of carbonyl (C=O) groups excluding carboxylic acids is 1. The van der Waals surface area contributed by atoms with Gasteiger partial charge in [-0.3, -0.25) is 4.79 Å². The predicted octanol–water partition coefficient (Wildman–Crippen LogP) is 1.70. The average Bonchev–Trinajstić information content (AvgIpc) is 2.85. The number of ether oxygens (including phenoxy) is 1. The zero-order chi connectivity index (χ0) is 10.7. The topological polar surface area (TPSA) is 52.3 Å². The Kier molecular flexibility index (Phi) is 3.93. The van der Waals surface area contributed by atoms with Gasteiger partial charge in [-0.25, -0.2) is 0 Å². The van der Waals surface area contributed by atoms with Crippen LogP contribution in [0.4, 0.5) is 0 Å². The summed E-state index contributed by atoms with van der Waals surface area (Å²) in [5.74, 6) is 0.790. The summed E-state index contributed by atoms with van der Waals surface area (Å²) >= 11 is 0. The molecule has 82 valence electrons. The Labute approximate surface area is 86.0 Å². The minimum Gasteiger partial charge on any atom is -0.462 e. The highest BCUT2D eigenvalue weighted by molar-refractivity contribution is 5.70. The molecule has 0 aliphatic heterocycles. The zero-order valence-electron chi connectivity index (χ0n) is 9.32. The quantitative estimate of drug-likeness (QED) is 0.686. The van der Waals surface area contributed by atoms with E-state index < -0.39 is 0 Å². The first-order chi connectivity index (χ1) is 6.50. The van der Waals surface area contributed by atoms with Gasteiger partial charge in [-0.1, -0.05) is 13.8 Å². The van der Waals surface area contributed by atoms with Gasteiger partial charge in [-0.05, 0) is 31.6 Å². The maximum atomic E-state index is 11.4. The number of carbonyl (C=O) groups is 1.